The highest BCUT2D eigenvalue weighted by Gasteiger charge is 2.11. The zero-order valence-corrected chi connectivity index (χ0v) is 7.15. The molecule has 68 valence electrons. The van der Waals surface area contributed by atoms with Gasteiger partial charge in [-0.15, -0.1) is 0 Å². The fourth-order valence-corrected chi connectivity index (χ4v) is 1.01. The van der Waals surface area contributed by atoms with Crippen LogP contribution in [0.1, 0.15) is 23.0 Å². The summed E-state index contributed by atoms with van der Waals surface area (Å²) in [5.41, 5.74) is 0.417. The average Bonchev–Trinajstić information content (AvgIpc) is 2.03. The minimum Gasteiger partial charge on any atom is -0.478 e. The third-order valence-corrected chi connectivity index (χ3v) is 1.54. The molecule has 0 aromatic carbocycles. The number of aromatic carboxylic acids is 1. The summed E-state index contributed by atoms with van der Waals surface area (Å²) in [5, 5.41) is 8.73. The van der Waals surface area contributed by atoms with Crippen molar-refractivity contribution < 1.29 is 14.7 Å². The van der Waals surface area contributed by atoms with Crippen molar-refractivity contribution in [3.05, 3.63) is 29.6 Å². The molecule has 0 atom stereocenters. The van der Waals surface area contributed by atoms with Crippen LogP contribution in [0, 0.1) is 0 Å². The Kier molecular flexibility index (Phi) is 2.74. The summed E-state index contributed by atoms with van der Waals surface area (Å²) in [4.78, 5) is 25.2. The lowest BCUT2D eigenvalue weighted by Crippen LogP contribution is -2.07. The summed E-state index contributed by atoms with van der Waals surface area (Å²) < 4.78 is 0. The molecule has 13 heavy (non-hydrogen) atoms. The van der Waals surface area contributed by atoms with Crippen molar-refractivity contribution >= 4 is 11.8 Å². The highest BCUT2D eigenvalue weighted by atomic mass is 16.4. The van der Waals surface area contributed by atoms with Gasteiger partial charge in [0.25, 0.3) is 0 Å². The van der Waals surface area contributed by atoms with E-state index >= 15 is 0 Å². The molecule has 0 unspecified atom stereocenters. The molecular formula is C9H9NO3. The van der Waals surface area contributed by atoms with Crippen LogP contribution < -0.4 is 0 Å². The summed E-state index contributed by atoms with van der Waals surface area (Å²) >= 11 is 0. The first-order valence-electron chi connectivity index (χ1n) is 3.78. The summed E-state index contributed by atoms with van der Waals surface area (Å²) in [6.45, 7) is 1.40. The number of carboxylic acid groups (broad SMARTS) is 1. The monoisotopic (exact) mass is 179 g/mol. The molecule has 1 rings (SSSR count). The smallest absolute Gasteiger partial charge is 0.337 e. The molecule has 0 bridgehead atoms. The first kappa shape index (κ1) is 9.38. The van der Waals surface area contributed by atoms with E-state index in [0.29, 0.717) is 5.69 Å². The van der Waals surface area contributed by atoms with Crippen LogP contribution in [0.25, 0.3) is 0 Å². The largest absolute Gasteiger partial charge is 0.478 e. The van der Waals surface area contributed by atoms with Crippen molar-refractivity contribution in [1.82, 2.24) is 4.98 Å². The summed E-state index contributed by atoms with van der Waals surface area (Å²) in [7, 11) is 0. The Balaban J connectivity index is 3.04. The second kappa shape index (κ2) is 3.80. The molecular weight excluding hydrogens is 170 g/mol. The molecule has 1 N–H and O–H groups in total. The Labute approximate surface area is 75.2 Å². The SMILES string of the molecule is CC(=O)Cc1ncccc1C(=O)O. The number of carbonyl (C=O) groups is 2. The molecule has 0 aliphatic rings. The van der Waals surface area contributed by atoms with Gasteiger partial charge in [-0.25, -0.2) is 4.79 Å². The van der Waals surface area contributed by atoms with Gasteiger partial charge < -0.3 is 5.11 Å². The van der Waals surface area contributed by atoms with Crippen molar-refractivity contribution in [2.24, 2.45) is 0 Å². The van der Waals surface area contributed by atoms with Gasteiger partial charge in [-0.05, 0) is 19.1 Å². The third kappa shape index (κ3) is 2.37. The van der Waals surface area contributed by atoms with Gasteiger partial charge in [0.05, 0.1) is 11.3 Å². The molecule has 0 amide bonds. The molecule has 0 aliphatic heterocycles. The van der Waals surface area contributed by atoms with Crippen LogP contribution in [-0.2, 0) is 11.2 Å². The second-order valence-corrected chi connectivity index (χ2v) is 2.68. The normalized spacial score (nSPS) is 9.62. The quantitative estimate of drug-likeness (QED) is 0.748. The Morgan fingerprint density at radius 1 is 1.54 bits per heavy atom. The molecule has 0 spiro atoms. The fourth-order valence-electron chi connectivity index (χ4n) is 1.01. The second-order valence-electron chi connectivity index (χ2n) is 2.68. The number of hydrogen-bond acceptors (Lipinski definition) is 3. The van der Waals surface area contributed by atoms with E-state index in [4.69, 9.17) is 5.11 Å². The minimum absolute atomic E-state index is 0.0719. The zero-order chi connectivity index (χ0) is 9.84. The average molecular weight is 179 g/mol. The van der Waals surface area contributed by atoms with Crippen LogP contribution in [0.5, 0.6) is 0 Å². The van der Waals surface area contributed by atoms with Gasteiger partial charge in [0.2, 0.25) is 0 Å². The maximum atomic E-state index is 10.8. The minimum atomic E-state index is -1.05. The van der Waals surface area contributed by atoms with E-state index < -0.39 is 5.97 Å². The number of nitrogens with zero attached hydrogens (tertiary/aromatic N) is 1. The van der Waals surface area contributed by atoms with Gasteiger partial charge in [-0.1, -0.05) is 0 Å². The molecule has 1 heterocycles. The van der Waals surface area contributed by atoms with Crippen molar-refractivity contribution in [1.29, 1.82) is 0 Å². The molecule has 1 aromatic heterocycles. The Morgan fingerprint density at radius 2 is 2.23 bits per heavy atom. The summed E-state index contributed by atoms with van der Waals surface area (Å²) in [6.07, 6.45) is 1.55. The molecule has 4 heteroatoms. The molecule has 4 nitrogen and oxygen atoms in total. The van der Waals surface area contributed by atoms with Crippen LogP contribution in [0.3, 0.4) is 0 Å². The maximum Gasteiger partial charge on any atom is 0.337 e. The molecule has 0 aliphatic carbocycles. The van der Waals surface area contributed by atoms with Crippen molar-refractivity contribution in [2.45, 2.75) is 13.3 Å². The van der Waals surface area contributed by atoms with E-state index in [1.807, 2.05) is 0 Å². The lowest BCUT2D eigenvalue weighted by atomic mass is 10.1. The highest BCUT2D eigenvalue weighted by molar-refractivity contribution is 5.90. The van der Waals surface area contributed by atoms with Crippen LogP contribution in [0.4, 0.5) is 0 Å². The molecule has 0 saturated carbocycles. The fraction of sp³-hybridized carbons (Fsp3) is 0.222. The van der Waals surface area contributed by atoms with Gasteiger partial charge in [-0.2, -0.15) is 0 Å². The summed E-state index contributed by atoms with van der Waals surface area (Å²) in [6, 6.07) is 2.97. The number of hydrogen-bond donors (Lipinski definition) is 1. The standard InChI is InChI=1S/C9H9NO3/c1-6(11)5-8-7(9(12)13)3-2-4-10-8/h2-4H,5H2,1H3,(H,12,13). The number of ketones is 1. The summed E-state index contributed by atoms with van der Waals surface area (Å²) in [5.74, 6) is -1.15. The zero-order valence-electron chi connectivity index (χ0n) is 7.15. The maximum absolute atomic E-state index is 10.8. The molecule has 0 saturated heterocycles. The van der Waals surface area contributed by atoms with Crippen LogP contribution in [0.2, 0.25) is 0 Å². The lowest BCUT2D eigenvalue weighted by molar-refractivity contribution is -0.116. The van der Waals surface area contributed by atoms with Gasteiger partial charge in [0.15, 0.2) is 0 Å². The van der Waals surface area contributed by atoms with Crippen LogP contribution in [-0.4, -0.2) is 21.8 Å². The van der Waals surface area contributed by atoms with E-state index in [-0.39, 0.29) is 17.8 Å². The number of aromatic nitrogens is 1. The molecule has 0 radical (unpaired) electrons. The van der Waals surface area contributed by atoms with Crippen molar-refractivity contribution in [3.63, 3.8) is 0 Å². The van der Waals surface area contributed by atoms with Crippen LogP contribution >= 0.6 is 0 Å². The third-order valence-electron chi connectivity index (χ3n) is 1.54. The van der Waals surface area contributed by atoms with Gasteiger partial charge in [-0.3, -0.25) is 9.78 Å². The Morgan fingerprint density at radius 3 is 2.77 bits per heavy atom. The Bertz CT molecular complexity index is 346. The first-order chi connectivity index (χ1) is 6.11. The number of rotatable bonds is 3. The predicted molar refractivity (Wildman–Crippen MR) is 45.6 cm³/mol. The van der Waals surface area contributed by atoms with Crippen molar-refractivity contribution in [3.8, 4) is 0 Å². The van der Waals surface area contributed by atoms with E-state index in [1.54, 1.807) is 0 Å². The number of carbonyl (C=O) groups excluding carboxylic acids is 1. The number of pyridine rings is 1. The van der Waals surface area contributed by atoms with Crippen LogP contribution in [0.15, 0.2) is 18.3 Å². The lowest BCUT2D eigenvalue weighted by Gasteiger charge is -2.00. The predicted octanol–water partition coefficient (Wildman–Crippen LogP) is 0.911. The van der Waals surface area contributed by atoms with Gasteiger partial charge >= 0.3 is 5.97 Å². The number of Topliss-reactive ketones (excluding diaryl/α,β-unsaturated/α-hetero) is 1. The topological polar surface area (TPSA) is 67.3 Å². The number of carboxylic acids is 1. The van der Waals surface area contributed by atoms with Gasteiger partial charge in [0.1, 0.15) is 5.78 Å². The molecule has 1 aromatic rings. The molecule has 0 fully saturated rings. The van der Waals surface area contributed by atoms with E-state index in [2.05, 4.69) is 4.98 Å². The van der Waals surface area contributed by atoms with E-state index in [1.165, 1.54) is 25.3 Å². The van der Waals surface area contributed by atoms with E-state index in [9.17, 15) is 9.59 Å². The van der Waals surface area contributed by atoms with Crippen molar-refractivity contribution in [2.75, 3.05) is 0 Å². The van der Waals surface area contributed by atoms with E-state index in [0.717, 1.165) is 0 Å². The first-order valence-corrected chi connectivity index (χ1v) is 3.78. The van der Waals surface area contributed by atoms with Gasteiger partial charge in [0, 0.05) is 12.6 Å². The Hall–Kier alpha value is -1.71. The highest BCUT2D eigenvalue weighted by Crippen LogP contribution is 2.06.